The fraction of sp³-hybridized carbons (Fsp3) is 0.833. The summed E-state index contributed by atoms with van der Waals surface area (Å²) in [6.45, 7) is 7.02. The Morgan fingerprint density at radius 2 is 2.25 bits per heavy atom. The number of hydrogen-bond donors (Lipinski definition) is 0. The van der Waals surface area contributed by atoms with Crippen molar-refractivity contribution in [2.45, 2.75) is 59.3 Å². The van der Waals surface area contributed by atoms with Gasteiger partial charge in [-0.05, 0) is 44.4 Å². The molecular weight excluding hydrogens is 144 g/mol. The van der Waals surface area contributed by atoms with Crippen LogP contribution in [0.5, 0.6) is 0 Å². The molecule has 0 nitrogen and oxygen atoms in total. The van der Waals surface area contributed by atoms with Crippen LogP contribution in [0.1, 0.15) is 59.3 Å². The van der Waals surface area contributed by atoms with Crippen molar-refractivity contribution in [3.8, 4) is 0 Å². The summed E-state index contributed by atoms with van der Waals surface area (Å²) >= 11 is 0. The molecule has 0 spiro atoms. The van der Waals surface area contributed by atoms with E-state index >= 15 is 0 Å². The number of allylic oxidation sites excluding steroid dienone is 2. The highest BCUT2D eigenvalue weighted by Crippen LogP contribution is 2.37. The highest BCUT2D eigenvalue weighted by atomic mass is 14.3. The van der Waals surface area contributed by atoms with Gasteiger partial charge in [-0.2, -0.15) is 0 Å². The Morgan fingerprint density at radius 1 is 1.50 bits per heavy atom. The summed E-state index contributed by atoms with van der Waals surface area (Å²) in [5.41, 5.74) is 2.22. The molecule has 0 aromatic rings. The molecule has 70 valence electrons. The van der Waals surface area contributed by atoms with Crippen molar-refractivity contribution in [3.05, 3.63) is 11.6 Å². The molecule has 0 N–H and O–H groups in total. The predicted molar refractivity (Wildman–Crippen MR) is 55.2 cm³/mol. The average molecular weight is 166 g/mol. The standard InChI is InChI=1S/C12H22/c1-4-8-12(3)9-5-6-11(2)7-10-12/h7H,4-6,8-10H2,1-3H3. The lowest BCUT2D eigenvalue weighted by atomic mass is 9.79. The van der Waals surface area contributed by atoms with Gasteiger partial charge in [0.15, 0.2) is 0 Å². The molecule has 0 heteroatoms. The van der Waals surface area contributed by atoms with Crippen LogP contribution in [0, 0.1) is 5.41 Å². The molecule has 0 radical (unpaired) electrons. The molecule has 0 saturated carbocycles. The maximum absolute atomic E-state index is 2.46. The Kier molecular flexibility index (Phi) is 3.37. The Balaban J connectivity index is 2.55. The average Bonchev–Trinajstić information content (AvgIpc) is 2.15. The van der Waals surface area contributed by atoms with Crippen LogP contribution in [0.3, 0.4) is 0 Å². The van der Waals surface area contributed by atoms with E-state index in [2.05, 4.69) is 26.8 Å². The first-order valence-corrected chi connectivity index (χ1v) is 5.32. The van der Waals surface area contributed by atoms with Crippen molar-refractivity contribution in [1.29, 1.82) is 0 Å². The van der Waals surface area contributed by atoms with E-state index in [0.29, 0.717) is 5.41 Å². The Morgan fingerprint density at radius 3 is 2.92 bits per heavy atom. The van der Waals surface area contributed by atoms with Gasteiger partial charge in [-0.1, -0.05) is 31.9 Å². The van der Waals surface area contributed by atoms with Gasteiger partial charge in [-0.15, -0.1) is 0 Å². The van der Waals surface area contributed by atoms with Gasteiger partial charge < -0.3 is 0 Å². The van der Waals surface area contributed by atoms with E-state index in [1.807, 2.05) is 0 Å². The molecular formula is C12H22. The van der Waals surface area contributed by atoms with Gasteiger partial charge in [0.25, 0.3) is 0 Å². The minimum atomic E-state index is 0.618. The molecule has 0 bridgehead atoms. The molecule has 1 aliphatic rings. The molecule has 1 aliphatic carbocycles. The van der Waals surface area contributed by atoms with Crippen molar-refractivity contribution in [2.24, 2.45) is 5.41 Å². The van der Waals surface area contributed by atoms with Crippen molar-refractivity contribution >= 4 is 0 Å². The quantitative estimate of drug-likeness (QED) is 0.536. The summed E-state index contributed by atoms with van der Waals surface area (Å²) in [5.74, 6) is 0. The number of hydrogen-bond acceptors (Lipinski definition) is 0. The first kappa shape index (κ1) is 9.83. The van der Waals surface area contributed by atoms with E-state index in [9.17, 15) is 0 Å². The van der Waals surface area contributed by atoms with Crippen LogP contribution in [0.4, 0.5) is 0 Å². The van der Waals surface area contributed by atoms with Gasteiger partial charge in [0.1, 0.15) is 0 Å². The molecule has 0 aliphatic heterocycles. The van der Waals surface area contributed by atoms with Gasteiger partial charge >= 0.3 is 0 Å². The topological polar surface area (TPSA) is 0 Å². The largest absolute Gasteiger partial charge is 0.0851 e. The zero-order chi connectivity index (χ0) is 9.03. The van der Waals surface area contributed by atoms with Crippen molar-refractivity contribution in [2.75, 3.05) is 0 Å². The van der Waals surface area contributed by atoms with E-state index in [1.54, 1.807) is 5.57 Å². The molecule has 1 rings (SSSR count). The van der Waals surface area contributed by atoms with Gasteiger partial charge in [-0.25, -0.2) is 0 Å². The van der Waals surface area contributed by atoms with Crippen LogP contribution in [-0.2, 0) is 0 Å². The molecule has 1 atom stereocenters. The summed E-state index contributed by atoms with van der Waals surface area (Å²) in [6.07, 6.45) is 10.7. The minimum Gasteiger partial charge on any atom is -0.0851 e. The maximum Gasteiger partial charge on any atom is -0.0291 e. The summed E-state index contributed by atoms with van der Waals surface area (Å²) in [5, 5.41) is 0. The minimum absolute atomic E-state index is 0.618. The maximum atomic E-state index is 2.46. The smallest absolute Gasteiger partial charge is 0.0291 e. The molecule has 0 fully saturated rings. The van der Waals surface area contributed by atoms with Gasteiger partial charge in [0.2, 0.25) is 0 Å². The monoisotopic (exact) mass is 166 g/mol. The highest BCUT2D eigenvalue weighted by molar-refractivity contribution is 5.03. The fourth-order valence-electron chi connectivity index (χ4n) is 2.25. The second-order valence-corrected chi connectivity index (χ2v) is 4.67. The van der Waals surface area contributed by atoms with E-state index in [1.165, 1.54) is 38.5 Å². The summed E-state index contributed by atoms with van der Waals surface area (Å²) in [6, 6.07) is 0. The molecule has 0 saturated heterocycles. The molecule has 0 aromatic heterocycles. The van der Waals surface area contributed by atoms with Crippen LogP contribution in [0.2, 0.25) is 0 Å². The van der Waals surface area contributed by atoms with Gasteiger partial charge in [-0.3, -0.25) is 0 Å². The lowest BCUT2D eigenvalue weighted by molar-refractivity contribution is 0.271. The van der Waals surface area contributed by atoms with E-state index in [-0.39, 0.29) is 0 Å². The molecule has 0 heterocycles. The van der Waals surface area contributed by atoms with Crippen molar-refractivity contribution < 1.29 is 0 Å². The van der Waals surface area contributed by atoms with Crippen molar-refractivity contribution in [3.63, 3.8) is 0 Å². The van der Waals surface area contributed by atoms with Gasteiger partial charge in [0, 0.05) is 0 Å². The Bertz CT molecular complexity index is 167. The molecule has 12 heavy (non-hydrogen) atoms. The second-order valence-electron chi connectivity index (χ2n) is 4.67. The second kappa shape index (κ2) is 4.11. The first-order valence-electron chi connectivity index (χ1n) is 5.32. The molecule has 0 amide bonds. The zero-order valence-electron chi connectivity index (χ0n) is 8.82. The third-order valence-corrected chi connectivity index (χ3v) is 3.15. The zero-order valence-corrected chi connectivity index (χ0v) is 8.82. The summed E-state index contributed by atoms with van der Waals surface area (Å²) < 4.78 is 0. The van der Waals surface area contributed by atoms with Crippen LogP contribution in [0.25, 0.3) is 0 Å². The molecule has 1 unspecified atom stereocenters. The highest BCUT2D eigenvalue weighted by Gasteiger charge is 2.23. The Labute approximate surface area is 77.1 Å². The normalized spacial score (nSPS) is 31.1. The van der Waals surface area contributed by atoms with Crippen LogP contribution in [-0.4, -0.2) is 0 Å². The number of rotatable bonds is 2. The predicted octanol–water partition coefficient (Wildman–Crippen LogP) is 4.31. The fourth-order valence-corrected chi connectivity index (χ4v) is 2.25. The third-order valence-electron chi connectivity index (χ3n) is 3.15. The van der Waals surface area contributed by atoms with Crippen LogP contribution >= 0.6 is 0 Å². The van der Waals surface area contributed by atoms with Crippen LogP contribution < -0.4 is 0 Å². The Hall–Kier alpha value is -0.260. The lowest BCUT2D eigenvalue weighted by Crippen LogP contribution is -2.13. The first-order chi connectivity index (χ1) is 5.66. The van der Waals surface area contributed by atoms with Crippen molar-refractivity contribution in [1.82, 2.24) is 0 Å². The summed E-state index contributed by atoms with van der Waals surface area (Å²) in [7, 11) is 0. The van der Waals surface area contributed by atoms with Crippen LogP contribution in [0.15, 0.2) is 11.6 Å². The SMILES string of the molecule is CCCC1(C)CC=C(C)CCC1. The lowest BCUT2D eigenvalue weighted by Gasteiger charge is -2.26. The van der Waals surface area contributed by atoms with E-state index in [4.69, 9.17) is 0 Å². The third kappa shape index (κ3) is 2.66. The summed E-state index contributed by atoms with van der Waals surface area (Å²) in [4.78, 5) is 0. The van der Waals surface area contributed by atoms with E-state index < -0.39 is 0 Å². The van der Waals surface area contributed by atoms with Gasteiger partial charge in [0.05, 0.1) is 0 Å². The van der Waals surface area contributed by atoms with E-state index in [0.717, 1.165) is 0 Å². The molecule has 0 aromatic carbocycles.